The molecule has 0 bridgehead atoms. The fourth-order valence-corrected chi connectivity index (χ4v) is 4.38. The summed E-state index contributed by atoms with van der Waals surface area (Å²) < 4.78 is 0. The molecule has 1 saturated heterocycles. The second-order valence-electron chi connectivity index (χ2n) is 8.16. The van der Waals surface area contributed by atoms with Crippen LogP contribution in [0.25, 0.3) is 0 Å². The number of hydrogen-bond acceptors (Lipinski definition) is 3. The second-order valence-corrected chi connectivity index (χ2v) is 8.16. The fourth-order valence-electron chi connectivity index (χ4n) is 4.38. The Balaban J connectivity index is 1.52. The van der Waals surface area contributed by atoms with Gasteiger partial charge in [-0.25, -0.2) is 0 Å². The molecular formula is C26H35N3O2. The van der Waals surface area contributed by atoms with Gasteiger partial charge in [-0.1, -0.05) is 37.3 Å². The van der Waals surface area contributed by atoms with Crippen LogP contribution in [0.15, 0.2) is 54.6 Å². The first-order valence-electron chi connectivity index (χ1n) is 11.6. The molecule has 0 spiro atoms. The third-order valence-electron chi connectivity index (χ3n) is 6.31. The molecule has 1 fully saturated rings. The van der Waals surface area contributed by atoms with Gasteiger partial charge in [0.25, 0.3) is 5.91 Å². The van der Waals surface area contributed by atoms with Crippen molar-refractivity contribution in [1.82, 2.24) is 10.2 Å². The van der Waals surface area contributed by atoms with Crippen molar-refractivity contribution >= 4 is 17.5 Å². The molecule has 1 aliphatic rings. The van der Waals surface area contributed by atoms with Crippen LogP contribution in [0.1, 0.15) is 61.9 Å². The van der Waals surface area contributed by atoms with Crippen molar-refractivity contribution in [2.75, 3.05) is 31.1 Å². The number of carbonyl (C=O) groups is 2. The summed E-state index contributed by atoms with van der Waals surface area (Å²) in [6, 6.07) is 17.9. The Morgan fingerprint density at radius 2 is 1.58 bits per heavy atom. The highest BCUT2D eigenvalue weighted by molar-refractivity contribution is 5.94. The van der Waals surface area contributed by atoms with Gasteiger partial charge in [0.05, 0.1) is 5.92 Å². The molecule has 5 heteroatoms. The van der Waals surface area contributed by atoms with Crippen molar-refractivity contribution in [2.24, 2.45) is 0 Å². The molecule has 2 amide bonds. The average molecular weight is 422 g/mol. The molecule has 0 aromatic heterocycles. The van der Waals surface area contributed by atoms with Gasteiger partial charge in [0.15, 0.2) is 0 Å². The van der Waals surface area contributed by atoms with E-state index in [2.05, 4.69) is 31.0 Å². The predicted molar refractivity (Wildman–Crippen MR) is 127 cm³/mol. The molecule has 1 atom stereocenters. The Bertz CT molecular complexity index is 839. The molecule has 166 valence electrons. The Labute approximate surface area is 186 Å². The van der Waals surface area contributed by atoms with E-state index in [0.29, 0.717) is 18.7 Å². The van der Waals surface area contributed by atoms with Crippen molar-refractivity contribution < 1.29 is 9.59 Å². The minimum absolute atomic E-state index is 0.0356. The first-order valence-corrected chi connectivity index (χ1v) is 11.6. The standard InChI is InChI=1S/C26H35N3O2/c1-4-24(20-10-8-7-9-11-20)26(31)29-18-16-22(17-19-29)27-25(30)21-12-14-23(15-13-21)28(5-2)6-3/h7-15,22,24H,4-6,16-19H2,1-3H3,(H,27,30). The van der Waals surface area contributed by atoms with Crippen molar-refractivity contribution in [3.8, 4) is 0 Å². The van der Waals surface area contributed by atoms with Crippen LogP contribution in [0.5, 0.6) is 0 Å². The van der Waals surface area contributed by atoms with E-state index in [1.807, 2.05) is 59.5 Å². The third kappa shape index (κ3) is 5.66. The second kappa shape index (κ2) is 11.0. The molecular weight excluding hydrogens is 386 g/mol. The zero-order valence-electron chi connectivity index (χ0n) is 19.0. The zero-order valence-corrected chi connectivity index (χ0v) is 19.0. The molecule has 31 heavy (non-hydrogen) atoms. The Morgan fingerprint density at radius 3 is 2.13 bits per heavy atom. The molecule has 0 aliphatic carbocycles. The highest BCUT2D eigenvalue weighted by atomic mass is 16.2. The van der Waals surface area contributed by atoms with Gasteiger partial charge in [0.2, 0.25) is 5.91 Å². The lowest BCUT2D eigenvalue weighted by atomic mass is 9.93. The Hall–Kier alpha value is -2.82. The van der Waals surface area contributed by atoms with Gasteiger partial charge < -0.3 is 15.1 Å². The number of carbonyl (C=O) groups excluding carboxylic acids is 2. The zero-order chi connectivity index (χ0) is 22.2. The van der Waals surface area contributed by atoms with Crippen LogP contribution in [0.3, 0.4) is 0 Å². The molecule has 2 aromatic carbocycles. The summed E-state index contributed by atoms with van der Waals surface area (Å²) in [5.74, 6) is 0.0775. The fraction of sp³-hybridized carbons (Fsp3) is 0.462. The number of nitrogens with one attached hydrogen (secondary N) is 1. The van der Waals surface area contributed by atoms with Crippen LogP contribution >= 0.6 is 0 Å². The number of rotatable bonds is 8. The van der Waals surface area contributed by atoms with E-state index in [-0.39, 0.29) is 23.8 Å². The van der Waals surface area contributed by atoms with Crippen LogP contribution in [0.4, 0.5) is 5.69 Å². The number of hydrogen-bond donors (Lipinski definition) is 1. The smallest absolute Gasteiger partial charge is 0.251 e. The van der Waals surface area contributed by atoms with Gasteiger partial charge in [0, 0.05) is 43.5 Å². The highest BCUT2D eigenvalue weighted by Gasteiger charge is 2.28. The molecule has 1 unspecified atom stereocenters. The number of benzene rings is 2. The number of amides is 2. The van der Waals surface area contributed by atoms with Gasteiger partial charge in [0.1, 0.15) is 0 Å². The number of likely N-dealkylation sites (tertiary alicyclic amines) is 1. The lowest BCUT2D eigenvalue weighted by Gasteiger charge is -2.34. The molecule has 0 saturated carbocycles. The molecule has 2 aromatic rings. The third-order valence-corrected chi connectivity index (χ3v) is 6.31. The van der Waals surface area contributed by atoms with Crippen LogP contribution in [-0.2, 0) is 4.79 Å². The summed E-state index contributed by atoms with van der Waals surface area (Å²) in [6.45, 7) is 9.59. The predicted octanol–water partition coefficient (Wildman–Crippen LogP) is 4.45. The maximum atomic E-state index is 13.1. The summed E-state index contributed by atoms with van der Waals surface area (Å²) in [7, 11) is 0. The first kappa shape index (κ1) is 22.9. The first-order chi connectivity index (χ1) is 15.1. The largest absolute Gasteiger partial charge is 0.372 e. The Morgan fingerprint density at radius 1 is 0.968 bits per heavy atom. The van der Waals surface area contributed by atoms with Gasteiger partial charge in [-0.2, -0.15) is 0 Å². The Kier molecular flexibility index (Phi) is 8.10. The maximum Gasteiger partial charge on any atom is 0.251 e. The van der Waals surface area contributed by atoms with Crippen molar-refractivity contribution in [2.45, 2.75) is 52.0 Å². The van der Waals surface area contributed by atoms with E-state index in [9.17, 15) is 9.59 Å². The van der Waals surface area contributed by atoms with E-state index >= 15 is 0 Å². The summed E-state index contributed by atoms with van der Waals surface area (Å²) in [5, 5.41) is 3.16. The lowest BCUT2D eigenvalue weighted by molar-refractivity contribution is -0.134. The van der Waals surface area contributed by atoms with Crippen LogP contribution in [0, 0.1) is 0 Å². The highest BCUT2D eigenvalue weighted by Crippen LogP contribution is 2.24. The quantitative estimate of drug-likeness (QED) is 0.685. The van der Waals surface area contributed by atoms with Crippen molar-refractivity contribution in [3.05, 3.63) is 65.7 Å². The van der Waals surface area contributed by atoms with Crippen molar-refractivity contribution in [1.29, 1.82) is 0 Å². The van der Waals surface area contributed by atoms with Gasteiger partial charge in [-0.15, -0.1) is 0 Å². The molecule has 1 N–H and O–H groups in total. The van der Waals surface area contributed by atoms with E-state index in [4.69, 9.17) is 0 Å². The van der Waals surface area contributed by atoms with Crippen LogP contribution < -0.4 is 10.2 Å². The molecule has 5 nitrogen and oxygen atoms in total. The van der Waals surface area contributed by atoms with Gasteiger partial charge in [-0.05, 0) is 62.9 Å². The topological polar surface area (TPSA) is 52.7 Å². The summed E-state index contributed by atoms with van der Waals surface area (Å²) in [4.78, 5) is 30.0. The SMILES string of the molecule is CCC(C(=O)N1CCC(NC(=O)c2ccc(N(CC)CC)cc2)CC1)c1ccccc1. The van der Waals surface area contributed by atoms with Crippen LogP contribution in [0.2, 0.25) is 0 Å². The monoisotopic (exact) mass is 421 g/mol. The van der Waals surface area contributed by atoms with E-state index < -0.39 is 0 Å². The number of anilines is 1. The minimum atomic E-state index is -0.0864. The van der Waals surface area contributed by atoms with Crippen LogP contribution in [-0.4, -0.2) is 48.9 Å². The van der Waals surface area contributed by atoms with Crippen molar-refractivity contribution in [3.63, 3.8) is 0 Å². The molecule has 1 heterocycles. The summed E-state index contributed by atoms with van der Waals surface area (Å²) in [6.07, 6.45) is 2.38. The maximum absolute atomic E-state index is 13.1. The lowest BCUT2D eigenvalue weighted by Crippen LogP contribution is -2.47. The van der Waals surface area contributed by atoms with Gasteiger partial charge in [-0.3, -0.25) is 9.59 Å². The molecule has 3 rings (SSSR count). The molecule has 1 aliphatic heterocycles. The normalized spacial score (nSPS) is 15.4. The summed E-state index contributed by atoms with van der Waals surface area (Å²) in [5.41, 5.74) is 2.90. The number of piperidine rings is 1. The van der Waals surface area contributed by atoms with Gasteiger partial charge >= 0.3 is 0 Å². The average Bonchev–Trinajstić information content (AvgIpc) is 2.82. The van der Waals surface area contributed by atoms with E-state index in [0.717, 1.165) is 43.6 Å². The minimum Gasteiger partial charge on any atom is -0.372 e. The van der Waals surface area contributed by atoms with E-state index in [1.165, 1.54) is 0 Å². The molecule has 0 radical (unpaired) electrons. The number of nitrogens with zero attached hydrogens (tertiary/aromatic N) is 2. The van der Waals surface area contributed by atoms with E-state index in [1.54, 1.807) is 0 Å². The summed E-state index contributed by atoms with van der Waals surface area (Å²) >= 11 is 0.